The highest BCUT2D eigenvalue weighted by Gasteiger charge is 2.14. The molecule has 0 unspecified atom stereocenters. The molecule has 2 rings (SSSR count). The van der Waals surface area contributed by atoms with Crippen molar-refractivity contribution in [2.24, 2.45) is 0 Å². The van der Waals surface area contributed by atoms with Gasteiger partial charge in [-0.2, -0.15) is 0 Å². The minimum Gasteiger partial charge on any atom is -0.493 e. The third kappa shape index (κ3) is 2.71. The monoisotopic (exact) mass is 276 g/mol. The van der Waals surface area contributed by atoms with E-state index in [1.165, 1.54) is 26.4 Å². The smallest absolute Gasteiger partial charge is 0.211 e. The summed E-state index contributed by atoms with van der Waals surface area (Å²) in [5.74, 6) is 0.943. The Labute approximate surface area is 115 Å². The molecular weight excluding hydrogens is 263 g/mol. The topological polar surface area (TPSA) is 44.8 Å². The molecule has 4 nitrogen and oxygen atoms in total. The van der Waals surface area contributed by atoms with E-state index in [4.69, 9.17) is 14.2 Å². The molecule has 2 aromatic rings. The van der Waals surface area contributed by atoms with E-state index < -0.39 is 5.82 Å². The van der Waals surface area contributed by atoms with Gasteiger partial charge in [0.15, 0.2) is 17.8 Å². The van der Waals surface area contributed by atoms with Crippen molar-refractivity contribution in [1.82, 2.24) is 0 Å². The van der Waals surface area contributed by atoms with E-state index in [9.17, 15) is 9.18 Å². The number of hydrogen-bond donors (Lipinski definition) is 0. The van der Waals surface area contributed by atoms with Gasteiger partial charge in [-0.3, -0.25) is 4.79 Å². The molecule has 0 spiro atoms. The van der Waals surface area contributed by atoms with E-state index in [0.29, 0.717) is 23.5 Å². The van der Waals surface area contributed by atoms with Crippen molar-refractivity contribution >= 4 is 6.29 Å². The lowest BCUT2D eigenvalue weighted by Crippen LogP contribution is -1.97. The Kier molecular flexibility index (Phi) is 4.20. The first-order valence-corrected chi connectivity index (χ1v) is 5.83. The van der Waals surface area contributed by atoms with Gasteiger partial charge in [-0.15, -0.1) is 0 Å². The molecule has 0 saturated carbocycles. The molecule has 0 bridgehead atoms. The predicted molar refractivity (Wildman–Crippen MR) is 71.4 cm³/mol. The predicted octanol–water partition coefficient (Wildman–Crippen LogP) is 3.45. The highest BCUT2D eigenvalue weighted by molar-refractivity contribution is 5.79. The molecule has 0 radical (unpaired) electrons. The zero-order valence-electron chi connectivity index (χ0n) is 11.1. The number of carbonyl (C=O) groups is 1. The maximum absolute atomic E-state index is 13.1. The fraction of sp³-hybridized carbons (Fsp3) is 0.133. The number of carbonyl (C=O) groups excluding carboxylic acids is 1. The van der Waals surface area contributed by atoms with E-state index in [1.807, 2.05) is 0 Å². The van der Waals surface area contributed by atoms with Crippen LogP contribution in [0.2, 0.25) is 0 Å². The van der Waals surface area contributed by atoms with Gasteiger partial charge >= 0.3 is 0 Å². The van der Waals surface area contributed by atoms with Gasteiger partial charge < -0.3 is 14.2 Å². The molecule has 0 heterocycles. The molecule has 0 saturated heterocycles. The Morgan fingerprint density at radius 3 is 2.20 bits per heavy atom. The summed E-state index contributed by atoms with van der Waals surface area (Å²) >= 11 is 0. The molecule has 0 aliphatic carbocycles. The van der Waals surface area contributed by atoms with E-state index in [-0.39, 0.29) is 11.3 Å². The summed E-state index contributed by atoms with van der Waals surface area (Å²) in [4.78, 5) is 11.0. The van der Waals surface area contributed by atoms with E-state index in [2.05, 4.69) is 0 Å². The van der Waals surface area contributed by atoms with Gasteiger partial charge in [-0.25, -0.2) is 4.39 Å². The van der Waals surface area contributed by atoms with Gasteiger partial charge in [0.2, 0.25) is 5.75 Å². The summed E-state index contributed by atoms with van der Waals surface area (Å²) in [5, 5.41) is 0. The normalized spacial score (nSPS) is 9.95. The number of aldehydes is 1. The first-order valence-electron chi connectivity index (χ1n) is 5.83. The lowest BCUT2D eigenvalue weighted by atomic mass is 10.2. The second-order valence-corrected chi connectivity index (χ2v) is 3.89. The number of methoxy groups -OCH3 is 2. The summed E-state index contributed by atoms with van der Waals surface area (Å²) in [6.45, 7) is 0. The summed E-state index contributed by atoms with van der Waals surface area (Å²) < 4.78 is 29.1. The molecule has 2 aromatic carbocycles. The van der Waals surface area contributed by atoms with Gasteiger partial charge in [-0.1, -0.05) is 6.07 Å². The van der Waals surface area contributed by atoms with Crippen LogP contribution in [-0.2, 0) is 0 Å². The molecule has 0 aromatic heterocycles. The first-order chi connectivity index (χ1) is 9.69. The molecule has 0 aliphatic heterocycles. The Morgan fingerprint density at radius 1 is 1.00 bits per heavy atom. The number of hydrogen-bond acceptors (Lipinski definition) is 4. The van der Waals surface area contributed by atoms with Crippen LogP contribution < -0.4 is 14.2 Å². The number of halogens is 1. The largest absolute Gasteiger partial charge is 0.493 e. The SMILES string of the molecule is COc1cccc(OC)c1Oc1ccc(F)cc1C=O. The average molecular weight is 276 g/mol. The quantitative estimate of drug-likeness (QED) is 0.785. The molecule has 0 aliphatic rings. The Morgan fingerprint density at radius 2 is 1.65 bits per heavy atom. The minimum atomic E-state index is -0.508. The summed E-state index contributed by atoms with van der Waals surface area (Å²) in [6, 6.07) is 8.83. The number of para-hydroxylation sites is 1. The van der Waals surface area contributed by atoms with E-state index >= 15 is 0 Å². The summed E-state index contributed by atoms with van der Waals surface area (Å²) in [5.41, 5.74) is 0.109. The van der Waals surface area contributed by atoms with Gasteiger partial charge in [0.05, 0.1) is 19.8 Å². The van der Waals surface area contributed by atoms with E-state index in [0.717, 1.165) is 6.07 Å². The van der Waals surface area contributed by atoms with Gasteiger partial charge in [0, 0.05) is 0 Å². The molecular formula is C15H13FO4. The fourth-order valence-electron chi connectivity index (χ4n) is 1.73. The van der Waals surface area contributed by atoms with Gasteiger partial charge in [0.25, 0.3) is 0 Å². The fourth-order valence-corrected chi connectivity index (χ4v) is 1.73. The number of rotatable bonds is 5. The average Bonchev–Trinajstić information content (AvgIpc) is 2.49. The minimum absolute atomic E-state index is 0.109. The first kappa shape index (κ1) is 13.9. The molecule has 5 heteroatoms. The molecule has 20 heavy (non-hydrogen) atoms. The van der Waals surface area contributed by atoms with Crippen molar-refractivity contribution in [1.29, 1.82) is 0 Å². The molecule has 0 atom stereocenters. The Bertz CT molecular complexity index is 603. The van der Waals surface area contributed by atoms with Crippen LogP contribution in [0.25, 0.3) is 0 Å². The maximum Gasteiger partial charge on any atom is 0.211 e. The third-order valence-corrected chi connectivity index (χ3v) is 2.69. The zero-order chi connectivity index (χ0) is 14.5. The van der Waals surface area contributed by atoms with Crippen molar-refractivity contribution in [3.8, 4) is 23.0 Å². The van der Waals surface area contributed by atoms with Crippen LogP contribution >= 0.6 is 0 Å². The molecule has 104 valence electrons. The Balaban J connectivity index is 2.46. The standard InChI is InChI=1S/C15H13FO4/c1-18-13-4-3-5-14(19-2)15(13)20-12-7-6-11(16)8-10(12)9-17/h3-9H,1-2H3. The molecule has 0 amide bonds. The second-order valence-electron chi connectivity index (χ2n) is 3.89. The number of benzene rings is 2. The number of ether oxygens (including phenoxy) is 3. The van der Waals surface area contributed by atoms with Crippen molar-refractivity contribution in [3.63, 3.8) is 0 Å². The van der Waals surface area contributed by atoms with Crippen LogP contribution in [0.3, 0.4) is 0 Å². The highest BCUT2D eigenvalue weighted by Crippen LogP contribution is 2.40. The lowest BCUT2D eigenvalue weighted by Gasteiger charge is -2.14. The molecule has 0 N–H and O–H groups in total. The van der Waals surface area contributed by atoms with Crippen LogP contribution in [0.4, 0.5) is 4.39 Å². The Hall–Kier alpha value is -2.56. The van der Waals surface area contributed by atoms with Gasteiger partial charge in [0.1, 0.15) is 11.6 Å². The van der Waals surface area contributed by atoms with Crippen molar-refractivity contribution < 1.29 is 23.4 Å². The van der Waals surface area contributed by atoms with Crippen LogP contribution in [0.1, 0.15) is 10.4 Å². The molecule has 0 fully saturated rings. The zero-order valence-corrected chi connectivity index (χ0v) is 11.1. The maximum atomic E-state index is 13.1. The summed E-state index contributed by atoms with van der Waals surface area (Å²) in [7, 11) is 2.99. The summed E-state index contributed by atoms with van der Waals surface area (Å²) in [6.07, 6.45) is 0.528. The van der Waals surface area contributed by atoms with Crippen LogP contribution in [0, 0.1) is 5.82 Å². The second kappa shape index (κ2) is 6.06. The highest BCUT2D eigenvalue weighted by atomic mass is 19.1. The van der Waals surface area contributed by atoms with Crippen molar-refractivity contribution in [3.05, 3.63) is 47.8 Å². The van der Waals surface area contributed by atoms with Crippen LogP contribution in [0.15, 0.2) is 36.4 Å². The van der Waals surface area contributed by atoms with Gasteiger partial charge in [-0.05, 0) is 30.3 Å². The van der Waals surface area contributed by atoms with Crippen LogP contribution in [0.5, 0.6) is 23.0 Å². The third-order valence-electron chi connectivity index (χ3n) is 2.69. The van der Waals surface area contributed by atoms with Crippen molar-refractivity contribution in [2.45, 2.75) is 0 Å². The van der Waals surface area contributed by atoms with Crippen LogP contribution in [-0.4, -0.2) is 20.5 Å². The van der Waals surface area contributed by atoms with E-state index in [1.54, 1.807) is 18.2 Å². The lowest BCUT2D eigenvalue weighted by molar-refractivity contribution is 0.112. The van der Waals surface area contributed by atoms with Crippen molar-refractivity contribution in [2.75, 3.05) is 14.2 Å².